The number of carbonyl (C=O) groups excluding carboxylic acids is 1. The second kappa shape index (κ2) is 5.78. The fourth-order valence-electron chi connectivity index (χ4n) is 1.87. The quantitative estimate of drug-likeness (QED) is 0.691. The third kappa shape index (κ3) is 3.10. The van der Waals surface area contributed by atoms with Crippen LogP contribution in [0.3, 0.4) is 0 Å². The second-order valence-electron chi connectivity index (χ2n) is 4.91. The molecule has 6 nitrogen and oxygen atoms in total. The van der Waals surface area contributed by atoms with Crippen molar-refractivity contribution in [2.75, 3.05) is 0 Å². The number of benzene rings is 1. The van der Waals surface area contributed by atoms with Crippen LogP contribution in [0.1, 0.15) is 46.4 Å². The minimum Gasteiger partial charge on any atom is -0.477 e. The second-order valence-corrected chi connectivity index (χ2v) is 4.91. The van der Waals surface area contributed by atoms with Crippen molar-refractivity contribution in [2.24, 2.45) is 0 Å². The van der Waals surface area contributed by atoms with Gasteiger partial charge in [-0.1, -0.05) is 18.2 Å². The average molecular weight is 288 g/mol. The van der Waals surface area contributed by atoms with Gasteiger partial charge in [-0.25, -0.2) is 9.59 Å². The highest BCUT2D eigenvalue weighted by molar-refractivity contribution is 5.93. The van der Waals surface area contributed by atoms with Crippen LogP contribution >= 0.6 is 0 Å². The van der Waals surface area contributed by atoms with Gasteiger partial charge in [0.25, 0.3) is 0 Å². The van der Waals surface area contributed by atoms with E-state index in [4.69, 9.17) is 9.84 Å². The number of aromatic carboxylic acids is 1. The number of aryl methyl sites for hydroxylation is 1. The van der Waals surface area contributed by atoms with E-state index in [0.29, 0.717) is 5.75 Å². The predicted octanol–water partition coefficient (Wildman–Crippen LogP) is 2.69. The fraction of sp³-hybridized carbons (Fsp3) is 0.267. The monoisotopic (exact) mass is 288 g/mol. The molecule has 0 aliphatic rings. The number of ether oxygens (including phenoxy) is 1. The summed E-state index contributed by atoms with van der Waals surface area (Å²) in [4.78, 5) is 23.2. The van der Waals surface area contributed by atoms with Crippen LogP contribution in [0.15, 0.2) is 30.3 Å². The molecule has 1 heterocycles. The number of hydrogen-bond acceptors (Lipinski definition) is 4. The topological polar surface area (TPSA) is 81.4 Å². The molecule has 0 atom stereocenters. The lowest BCUT2D eigenvalue weighted by atomic mass is 10.2. The largest absolute Gasteiger partial charge is 0.477 e. The van der Waals surface area contributed by atoms with E-state index in [1.54, 1.807) is 26.0 Å². The Bertz CT molecular complexity index is 689. The lowest BCUT2D eigenvalue weighted by Crippen LogP contribution is -2.13. The summed E-state index contributed by atoms with van der Waals surface area (Å²) in [5.41, 5.74) is 0.749. The number of carbonyl (C=O) groups is 2. The molecule has 1 aromatic carbocycles. The zero-order valence-electron chi connectivity index (χ0n) is 12.0. The molecule has 2 rings (SSSR count). The van der Waals surface area contributed by atoms with E-state index < -0.39 is 11.9 Å². The van der Waals surface area contributed by atoms with Crippen molar-refractivity contribution in [3.05, 3.63) is 47.3 Å². The first-order valence-electron chi connectivity index (χ1n) is 6.50. The Balaban J connectivity index is 2.30. The molecule has 0 saturated carbocycles. The first-order chi connectivity index (χ1) is 9.90. The summed E-state index contributed by atoms with van der Waals surface area (Å²) in [5.74, 6) is -1.38. The number of carboxylic acids is 1. The van der Waals surface area contributed by atoms with Crippen molar-refractivity contribution < 1.29 is 19.4 Å². The van der Waals surface area contributed by atoms with Crippen LogP contribution in [0.4, 0.5) is 0 Å². The molecule has 0 radical (unpaired) electrons. The number of aromatic nitrogens is 2. The molecule has 0 unspecified atom stereocenters. The van der Waals surface area contributed by atoms with Gasteiger partial charge in [-0.05, 0) is 32.4 Å². The van der Waals surface area contributed by atoms with Gasteiger partial charge in [0, 0.05) is 12.1 Å². The molecule has 0 aliphatic heterocycles. The summed E-state index contributed by atoms with van der Waals surface area (Å²) in [6.07, 6.45) is 0. The first kappa shape index (κ1) is 14.8. The minimum absolute atomic E-state index is 0.0237. The van der Waals surface area contributed by atoms with E-state index in [1.807, 2.05) is 19.1 Å². The van der Waals surface area contributed by atoms with Crippen molar-refractivity contribution in [3.8, 4) is 5.75 Å². The molecule has 0 bridgehead atoms. The predicted molar refractivity (Wildman–Crippen MR) is 75.7 cm³/mol. The molecule has 1 aromatic heterocycles. The van der Waals surface area contributed by atoms with Crippen molar-refractivity contribution >= 4 is 11.9 Å². The molecular weight excluding hydrogens is 272 g/mol. The van der Waals surface area contributed by atoms with E-state index in [9.17, 15) is 9.59 Å². The molecule has 0 aliphatic carbocycles. The van der Waals surface area contributed by atoms with E-state index in [0.717, 1.165) is 5.56 Å². The molecule has 0 spiro atoms. The molecule has 6 heteroatoms. The molecule has 0 saturated heterocycles. The molecule has 1 N–H and O–H groups in total. The van der Waals surface area contributed by atoms with Crippen LogP contribution < -0.4 is 4.74 Å². The number of para-hydroxylation sites is 1. The Morgan fingerprint density at radius 3 is 2.48 bits per heavy atom. The standard InChI is InChI=1S/C15H16N2O4/c1-9(2)17-12(14(18)19)8-11(16-17)15(20)21-13-7-5-4-6-10(13)3/h4-9H,1-3H3,(H,18,19). The van der Waals surface area contributed by atoms with Gasteiger partial charge >= 0.3 is 11.9 Å². The summed E-state index contributed by atoms with van der Waals surface area (Å²) < 4.78 is 6.54. The van der Waals surface area contributed by atoms with Crippen molar-refractivity contribution in [1.29, 1.82) is 0 Å². The van der Waals surface area contributed by atoms with Gasteiger partial charge in [-0.2, -0.15) is 5.10 Å². The van der Waals surface area contributed by atoms with Gasteiger partial charge in [-0.3, -0.25) is 4.68 Å². The van der Waals surface area contributed by atoms with E-state index >= 15 is 0 Å². The van der Waals surface area contributed by atoms with Gasteiger partial charge in [0.15, 0.2) is 5.69 Å². The van der Waals surface area contributed by atoms with Crippen LogP contribution in [-0.4, -0.2) is 26.8 Å². The summed E-state index contributed by atoms with van der Waals surface area (Å²) in [5, 5.41) is 13.1. The van der Waals surface area contributed by atoms with E-state index in [-0.39, 0.29) is 17.4 Å². The zero-order chi connectivity index (χ0) is 15.6. The van der Waals surface area contributed by atoms with Gasteiger partial charge < -0.3 is 9.84 Å². The van der Waals surface area contributed by atoms with Crippen molar-refractivity contribution in [1.82, 2.24) is 9.78 Å². The SMILES string of the molecule is Cc1ccccc1OC(=O)c1cc(C(=O)O)n(C(C)C)n1. The Labute approximate surface area is 122 Å². The molecule has 110 valence electrons. The van der Waals surface area contributed by atoms with E-state index in [1.165, 1.54) is 10.7 Å². The third-order valence-electron chi connectivity index (χ3n) is 2.95. The number of carboxylic acid groups (broad SMARTS) is 1. The Morgan fingerprint density at radius 2 is 1.95 bits per heavy atom. The lowest BCUT2D eigenvalue weighted by Gasteiger charge is -2.07. The summed E-state index contributed by atoms with van der Waals surface area (Å²) in [7, 11) is 0. The molecule has 0 fully saturated rings. The maximum Gasteiger partial charge on any atom is 0.364 e. The zero-order valence-corrected chi connectivity index (χ0v) is 12.0. The highest BCUT2D eigenvalue weighted by Gasteiger charge is 2.21. The average Bonchev–Trinajstić information content (AvgIpc) is 2.87. The summed E-state index contributed by atoms with van der Waals surface area (Å²) in [6.45, 7) is 5.39. The minimum atomic E-state index is -1.13. The Kier molecular flexibility index (Phi) is 4.07. The number of rotatable bonds is 4. The highest BCUT2D eigenvalue weighted by Crippen LogP contribution is 2.19. The molecule has 21 heavy (non-hydrogen) atoms. The van der Waals surface area contributed by atoms with Gasteiger partial charge in [0.1, 0.15) is 11.4 Å². The van der Waals surface area contributed by atoms with Gasteiger partial charge in [0.05, 0.1) is 0 Å². The molecule has 0 amide bonds. The first-order valence-corrected chi connectivity index (χ1v) is 6.50. The Hall–Kier alpha value is -2.63. The van der Waals surface area contributed by atoms with Crippen LogP contribution in [0.5, 0.6) is 5.75 Å². The molecule has 2 aromatic rings. The van der Waals surface area contributed by atoms with Gasteiger partial charge in [-0.15, -0.1) is 0 Å². The van der Waals surface area contributed by atoms with Crippen molar-refractivity contribution in [2.45, 2.75) is 26.8 Å². The summed E-state index contributed by atoms with van der Waals surface area (Å²) in [6, 6.07) is 8.13. The fourth-order valence-corrected chi connectivity index (χ4v) is 1.87. The van der Waals surface area contributed by atoms with Gasteiger partial charge in [0.2, 0.25) is 0 Å². The lowest BCUT2D eigenvalue weighted by molar-refractivity contribution is 0.0679. The number of nitrogens with zero attached hydrogens (tertiary/aromatic N) is 2. The smallest absolute Gasteiger partial charge is 0.364 e. The van der Waals surface area contributed by atoms with Crippen molar-refractivity contribution in [3.63, 3.8) is 0 Å². The van der Waals surface area contributed by atoms with E-state index in [2.05, 4.69) is 5.10 Å². The Morgan fingerprint density at radius 1 is 1.29 bits per heavy atom. The third-order valence-corrected chi connectivity index (χ3v) is 2.95. The highest BCUT2D eigenvalue weighted by atomic mass is 16.5. The normalized spacial score (nSPS) is 10.7. The van der Waals surface area contributed by atoms with Crippen LogP contribution in [0, 0.1) is 6.92 Å². The maximum absolute atomic E-state index is 12.1. The number of esters is 1. The maximum atomic E-state index is 12.1. The van der Waals surface area contributed by atoms with Crippen LogP contribution in [0.2, 0.25) is 0 Å². The van der Waals surface area contributed by atoms with Crippen LogP contribution in [-0.2, 0) is 0 Å². The molecular formula is C15H16N2O4. The van der Waals surface area contributed by atoms with Crippen LogP contribution in [0.25, 0.3) is 0 Å². The summed E-state index contributed by atoms with van der Waals surface area (Å²) >= 11 is 0. The number of hydrogen-bond donors (Lipinski definition) is 1.